The molecule has 6 nitrogen and oxygen atoms in total. The molecule has 2 aromatic rings. The van der Waals surface area contributed by atoms with E-state index in [1.807, 2.05) is 18.2 Å². The van der Waals surface area contributed by atoms with Crippen LogP contribution < -0.4 is 14.8 Å². The largest absolute Gasteiger partial charge is 0.497 e. The number of hydrogen-bond acceptors (Lipinski definition) is 5. The molecule has 1 aromatic carbocycles. The molecule has 0 saturated heterocycles. The number of Topliss-reactive ketones (excluding diaryl/α,β-unsaturated/α-hetero) is 1. The fourth-order valence-corrected chi connectivity index (χ4v) is 3.88. The van der Waals surface area contributed by atoms with Crippen LogP contribution in [0.15, 0.2) is 22.6 Å². The second kappa shape index (κ2) is 7.10. The summed E-state index contributed by atoms with van der Waals surface area (Å²) in [7, 11) is 1.63. The van der Waals surface area contributed by atoms with Crippen molar-refractivity contribution in [1.82, 2.24) is 5.32 Å². The van der Waals surface area contributed by atoms with Crippen molar-refractivity contribution in [3.05, 3.63) is 46.4 Å². The molecule has 27 heavy (non-hydrogen) atoms. The van der Waals surface area contributed by atoms with E-state index in [9.17, 15) is 9.59 Å². The zero-order valence-electron chi connectivity index (χ0n) is 15.6. The summed E-state index contributed by atoms with van der Waals surface area (Å²) in [6.07, 6.45) is 2.79. The van der Waals surface area contributed by atoms with Gasteiger partial charge in [0.15, 0.2) is 5.78 Å². The Bertz CT molecular complexity index is 898. The molecule has 1 amide bonds. The number of furan rings is 1. The lowest BCUT2D eigenvalue weighted by atomic mass is 9.93. The average Bonchev–Trinajstić information content (AvgIpc) is 3.02. The maximum Gasteiger partial charge on any atom is 0.255 e. The van der Waals surface area contributed by atoms with Gasteiger partial charge in [-0.3, -0.25) is 9.59 Å². The van der Waals surface area contributed by atoms with E-state index in [0.29, 0.717) is 48.6 Å². The first-order chi connectivity index (χ1) is 13.1. The number of ether oxygens (including phenoxy) is 2. The Balaban J connectivity index is 1.43. The van der Waals surface area contributed by atoms with Gasteiger partial charge in [0.2, 0.25) is 0 Å². The van der Waals surface area contributed by atoms with Gasteiger partial charge < -0.3 is 19.2 Å². The van der Waals surface area contributed by atoms with E-state index in [1.165, 1.54) is 0 Å². The van der Waals surface area contributed by atoms with Gasteiger partial charge in [0.1, 0.15) is 23.0 Å². The van der Waals surface area contributed by atoms with Gasteiger partial charge in [-0.2, -0.15) is 0 Å². The number of hydrogen-bond donors (Lipinski definition) is 1. The molecule has 4 rings (SSSR count). The highest BCUT2D eigenvalue weighted by Gasteiger charge is 2.31. The minimum Gasteiger partial charge on any atom is -0.497 e. The Morgan fingerprint density at radius 2 is 2.19 bits per heavy atom. The van der Waals surface area contributed by atoms with Crippen molar-refractivity contribution in [2.24, 2.45) is 5.92 Å². The molecule has 142 valence electrons. The number of carbonyl (C=O) groups is 2. The zero-order valence-corrected chi connectivity index (χ0v) is 15.6. The molecular weight excluding hydrogens is 346 g/mol. The van der Waals surface area contributed by atoms with Crippen molar-refractivity contribution in [3.63, 3.8) is 0 Å². The summed E-state index contributed by atoms with van der Waals surface area (Å²) in [6, 6.07) is 5.80. The number of fused-ring (bicyclic) bond motifs is 2. The molecule has 0 bridgehead atoms. The number of aryl methyl sites for hydroxylation is 2. The second-order valence-corrected chi connectivity index (χ2v) is 7.17. The SMILES string of the molecule is COc1ccc2c(c1)OCC(CNC(=O)c1c(C)oc3c1C(=O)CCC3)C2. The quantitative estimate of drug-likeness (QED) is 0.896. The first kappa shape index (κ1) is 17.6. The van der Waals surface area contributed by atoms with Gasteiger partial charge in [-0.15, -0.1) is 0 Å². The highest BCUT2D eigenvalue weighted by atomic mass is 16.5. The van der Waals surface area contributed by atoms with E-state index in [1.54, 1.807) is 14.0 Å². The third kappa shape index (κ3) is 3.31. The van der Waals surface area contributed by atoms with E-state index in [4.69, 9.17) is 13.9 Å². The molecule has 0 saturated carbocycles. The molecular formula is C21H23NO5. The van der Waals surface area contributed by atoms with Crippen molar-refractivity contribution in [1.29, 1.82) is 0 Å². The van der Waals surface area contributed by atoms with Crippen LogP contribution in [0.4, 0.5) is 0 Å². The van der Waals surface area contributed by atoms with E-state index in [0.717, 1.165) is 29.9 Å². The molecule has 1 atom stereocenters. The van der Waals surface area contributed by atoms with Crippen LogP contribution in [-0.4, -0.2) is 32.0 Å². The molecule has 1 N–H and O–H groups in total. The summed E-state index contributed by atoms with van der Waals surface area (Å²) in [5.74, 6) is 2.71. The minimum atomic E-state index is -0.242. The number of rotatable bonds is 4. The van der Waals surface area contributed by atoms with Gasteiger partial charge in [0.25, 0.3) is 5.91 Å². The van der Waals surface area contributed by atoms with Crippen molar-refractivity contribution in [2.75, 3.05) is 20.3 Å². The van der Waals surface area contributed by atoms with Crippen molar-refractivity contribution in [2.45, 2.75) is 32.6 Å². The number of carbonyl (C=O) groups excluding carboxylic acids is 2. The average molecular weight is 369 g/mol. The van der Waals surface area contributed by atoms with Gasteiger partial charge in [0.05, 0.1) is 24.8 Å². The van der Waals surface area contributed by atoms with Crippen molar-refractivity contribution >= 4 is 11.7 Å². The normalized spacial score (nSPS) is 18.3. The maximum absolute atomic E-state index is 12.7. The summed E-state index contributed by atoms with van der Waals surface area (Å²) < 4.78 is 16.7. The standard InChI is InChI=1S/C21H23NO5/c1-12-19(20-16(23)4-3-5-17(20)27-12)21(24)22-10-13-8-14-6-7-15(25-2)9-18(14)26-11-13/h6-7,9,13H,3-5,8,10-11H2,1-2H3,(H,22,24). The number of benzene rings is 1. The fraction of sp³-hybridized carbons (Fsp3) is 0.429. The van der Waals surface area contributed by atoms with Crippen LogP contribution in [0, 0.1) is 12.8 Å². The van der Waals surface area contributed by atoms with E-state index in [2.05, 4.69) is 5.32 Å². The van der Waals surface area contributed by atoms with Crippen LogP contribution >= 0.6 is 0 Å². The lowest BCUT2D eigenvalue weighted by Gasteiger charge is -2.25. The molecule has 0 spiro atoms. The molecule has 2 heterocycles. The van der Waals surface area contributed by atoms with Crippen LogP contribution in [0.2, 0.25) is 0 Å². The molecule has 1 unspecified atom stereocenters. The van der Waals surface area contributed by atoms with Gasteiger partial charge >= 0.3 is 0 Å². The van der Waals surface area contributed by atoms with Crippen LogP contribution in [0.5, 0.6) is 11.5 Å². The lowest BCUT2D eigenvalue weighted by molar-refractivity contribution is 0.0917. The zero-order chi connectivity index (χ0) is 19.0. The minimum absolute atomic E-state index is 0.00197. The van der Waals surface area contributed by atoms with Gasteiger partial charge in [-0.25, -0.2) is 0 Å². The molecule has 1 aliphatic carbocycles. The summed E-state index contributed by atoms with van der Waals surface area (Å²) >= 11 is 0. The third-order valence-corrected chi connectivity index (χ3v) is 5.28. The van der Waals surface area contributed by atoms with Gasteiger partial charge in [0, 0.05) is 31.4 Å². The third-order valence-electron chi connectivity index (χ3n) is 5.28. The highest BCUT2D eigenvalue weighted by molar-refractivity contribution is 6.10. The van der Waals surface area contributed by atoms with Gasteiger partial charge in [-0.05, 0) is 31.4 Å². The Morgan fingerprint density at radius 3 is 3.00 bits per heavy atom. The van der Waals surface area contributed by atoms with Gasteiger partial charge in [-0.1, -0.05) is 6.07 Å². The fourth-order valence-electron chi connectivity index (χ4n) is 3.88. The molecule has 0 radical (unpaired) electrons. The Kier molecular flexibility index (Phi) is 4.64. The predicted octanol–water partition coefficient (Wildman–Crippen LogP) is 3.10. The molecule has 6 heteroatoms. The Morgan fingerprint density at radius 1 is 1.33 bits per heavy atom. The number of amides is 1. The second-order valence-electron chi connectivity index (χ2n) is 7.17. The number of methoxy groups -OCH3 is 1. The number of nitrogens with one attached hydrogen (secondary N) is 1. The highest BCUT2D eigenvalue weighted by Crippen LogP contribution is 2.32. The summed E-state index contributed by atoms with van der Waals surface area (Å²) in [5.41, 5.74) is 1.98. The maximum atomic E-state index is 12.7. The van der Waals surface area contributed by atoms with Crippen molar-refractivity contribution < 1.29 is 23.5 Å². The molecule has 0 fully saturated rings. The Labute approximate surface area is 157 Å². The smallest absolute Gasteiger partial charge is 0.255 e. The van der Waals surface area contributed by atoms with Crippen molar-refractivity contribution in [3.8, 4) is 11.5 Å². The van der Waals surface area contributed by atoms with E-state index >= 15 is 0 Å². The van der Waals surface area contributed by atoms with E-state index < -0.39 is 0 Å². The van der Waals surface area contributed by atoms with Crippen LogP contribution in [0.3, 0.4) is 0 Å². The summed E-state index contributed by atoms with van der Waals surface area (Å²) in [5, 5.41) is 2.96. The molecule has 1 aliphatic heterocycles. The van der Waals surface area contributed by atoms with Crippen LogP contribution in [0.1, 0.15) is 50.6 Å². The first-order valence-corrected chi connectivity index (χ1v) is 9.30. The lowest BCUT2D eigenvalue weighted by Crippen LogP contribution is -2.35. The molecule has 2 aliphatic rings. The Hall–Kier alpha value is -2.76. The van der Waals surface area contributed by atoms with Crippen LogP contribution in [-0.2, 0) is 12.8 Å². The predicted molar refractivity (Wildman–Crippen MR) is 98.7 cm³/mol. The summed E-state index contributed by atoms with van der Waals surface area (Å²) in [4.78, 5) is 25.0. The number of ketones is 1. The first-order valence-electron chi connectivity index (χ1n) is 9.30. The monoisotopic (exact) mass is 369 g/mol. The topological polar surface area (TPSA) is 77.8 Å². The van der Waals surface area contributed by atoms with Crippen LogP contribution in [0.25, 0.3) is 0 Å². The van der Waals surface area contributed by atoms with E-state index in [-0.39, 0.29) is 17.6 Å². The molecule has 1 aromatic heterocycles. The summed E-state index contributed by atoms with van der Waals surface area (Å²) in [6.45, 7) is 2.76.